The van der Waals surface area contributed by atoms with Gasteiger partial charge in [-0.25, -0.2) is 0 Å². The van der Waals surface area contributed by atoms with Crippen molar-refractivity contribution in [3.8, 4) is 0 Å². The number of rotatable bonds is 11. The van der Waals surface area contributed by atoms with Gasteiger partial charge in [-0.2, -0.15) is 0 Å². The largest absolute Gasteiger partial charge is 0.481 e. The molecule has 0 aliphatic carbocycles. The van der Waals surface area contributed by atoms with E-state index in [2.05, 4.69) is 12.2 Å². The Labute approximate surface area is 115 Å². The third-order valence-electron chi connectivity index (χ3n) is 3.18. The Morgan fingerprint density at radius 1 is 1.00 bits per heavy atom. The number of carboxylic acids is 1. The van der Waals surface area contributed by atoms with E-state index in [4.69, 9.17) is 14.6 Å². The molecular formula is C15H26O4. The highest BCUT2D eigenvalue weighted by Crippen LogP contribution is 2.13. The van der Waals surface area contributed by atoms with Crippen molar-refractivity contribution in [1.29, 1.82) is 0 Å². The molecule has 0 aromatic carbocycles. The molecule has 0 bridgehead atoms. The lowest BCUT2D eigenvalue weighted by molar-refractivity contribution is -0.137. The van der Waals surface area contributed by atoms with Crippen molar-refractivity contribution in [3.63, 3.8) is 0 Å². The summed E-state index contributed by atoms with van der Waals surface area (Å²) in [5, 5.41) is 8.47. The monoisotopic (exact) mass is 270 g/mol. The Morgan fingerprint density at radius 3 is 2.32 bits per heavy atom. The fraction of sp³-hybridized carbons (Fsp3) is 0.800. The fourth-order valence-electron chi connectivity index (χ4n) is 2.11. The fourth-order valence-corrected chi connectivity index (χ4v) is 2.11. The maximum absolute atomic E-state index is 10.3. The molecule has 1 aliphatic rings. The maximum Gasteiger partial charge on any atom is 0.303 e. The van der Waals surface area contributed by atoms with Crippen LogP contribution in [0.2, 0.25) is 0 Å². The summed E-state index contributed by atoms with van der Waals surface area (Å²) in [6.45, 7) is 1.49. The van der Waals surface area contributed by atoms with Gasteiger partial charge in [-0.1, -0.05) is 25.0 Å². The SMILES string of the molecule is O=C(O)CCC/C=C\CCCCCCC1OCCO1. The molecule has 0 aromatic rings. The zero-order chi connectivity index (χ0) is 13.8. The minimum Gasteiger partial charge on any atom is -0.481 e. The number of carboxylic acid groups (broad SMARTS) is 1. The van der Waals surface area contributed by atoms with Gasteiger partial charge >= 0.3 is 5.97 Å². The van der Waals surface area contributed by atoms with Crippen LogP contribution < -0.4 is 0 Å². The van der Waals surface area contributed by atoms with Crippen LogP contribution in [0.5, 0.6) is 0 Å². The summed E-state index contributed by atoms with van der Waals surface area (Å²) in [5.41, 5.74) is 0. The topological polar surface area (TPSA) is 55.8 Å². The number of hydrogen-bond donors (Lipinski definition) is 1. The van der Waals surface area contributed by atoms with Crippen LogP contribution in [0.15, 0.2) is 12.2 Å². The predicted molar refractivity (Wildman–Crippen MR) is 74.0 cm³/mol. The number of hydrogen-bond acceptors (Lipinski definition) is 3. The molecule has 1 rings (SSSR count). The zero-order valence-electron chi connectivity index (χ0n) is 11.7. The van der Waals surface area contributed by atoms with Crippen LogP contribution in [0.3, 0.4) is 0 Å². The van der Waals surface area contributed by atoms with E-state index in [1.807, 2.05) is 0 Å². The van der Waals surface area contributed by atoms with Crippen LogP contribution in [-0.4, -0.2) is 30.6 Å². The molecule has 0 atom stereocenters. The van der Waals surface area contributed by atoms with E-state index in [9.17, 15) is 4.79 Å². The third kappa shape index (κ3) is 9.68. The lowest BCUT2D eigenvalue weighted by Crippen LogP contribution is -2.06. The highest BCUT2D eigenvalue weighted by atomic mass is 16.7. The van der Waals surface area contributed by atoms with E-state index in [-0.39, 0.29) is 12.7 Å². The van der Waals surface area contributed by atoms with Crippen molar-refractivity contribution in [1.82, 2.24) is 0 Å². The first kappa shape index (κ1) is 16.2. The van der Waals surface area contributed by atoms with Crippen LogP contribution in [0.4, 0.5) is 0 Å². The van der Waals surface area contributed by atoms with E-state index in [0.717, 1.165) is 38.9 Å². The molecule has 1 heterocycles. The minimum absolute atomic E-state index is 0.0501. The van der Waals surface area contributed by atoms with E-state index in [1.54, 1.807) is 0 Å². The molecule has 0 spiro atoms. The number of unbranched alkanes of at least 4 members (excludes halogenated alkanes) is 5. The van der Waals surface area contributed by atoms with Crippen molar-refractivity contribution < 1.29 is 19.4 Å². The second-order valence-corrected chi connectivity index (χ2v) is 4.92. The van der Waals surface area contributed by atoms with Crippen LogP contribution in [0.1, 0.15) is 57.8 Å². The molecule has 0 saturated carbocycles. The number of allylic oxidation sites excluding steroid dienone is 2. The van der Waals surface area contributed by atoms with E-state index >= 15 is 0 Å². The van der Waals surface area contributed by atoms with Crippen LogP contribution in [0.25, 0.3) is 0 Å². The lowest BCUT2D eigenvalue weighted by Gasteiger charge is -2.07. The number of ether oxygens (including phenoxy) is 2. The highest BCUT2D eigenvalue weighted by Gasteiger charge is 2.14. The summed E-state index contributed by atoms with van der Waals surface area (Å²) in [7, 11) is 0. The summed E-state index contributed by atoms with van der Waals surface area (Å²) in [6, 6.07) is 0. The summed E-state index contributed by atoms with van der Waals surface area (Å²) in [5.74, 6) is -0.705. The molecule has 1 aliphatic heterocycles. The molecular weight excluding hydrogens is 244 g/mol. The van der Waals surface area contributed by atoms with Gasteiger partial charge in [0.15, 0.2) is 6.29 Å². The predicted octanol–water partition coefficient (Wildman–Crippen LogP) is 3.51. The van der Waals surface area contributed by atoms with Crippen molar-refractivity contribution in [2.75, 3.05) is 13.2 Å². The third-order valence-corrected chi connectivity index (χ3v) is 3.18. The van der Waals surface area contributed by atoms with Crippen molar-refractivity contribution in [2.45, 2.75) is 64.1 Å². The molecule has 0 amide bonds. The first-order valence-electron chi connectivity index (χ1n) is 7.39. The van der Waals surface area contributed by atoms with Gasteiger partial charge in [-0.15, -0.1) is 0 Å². The molecule has 1 N–H and O–H groups in total. The van der Waals surface area contributed by atoms with Gasteiger partial charge in [0.25, 0.3) is 0 Å². The standard InChI is InChI=1S/C15H26O4/c16-14(17)10-8-6-4-2-1-3-5-7-9-11-15-18-12-13-19-15/h2,4,15H,1,3,5-13H2,(H,16,17)/b4-2-. The summed E-state index contributed by atoms with van der Waals surface area (Å²) < 4.78 is 10.8. The van der Waals surface area contributed by atoms with Crippen molar-refractivity contribution in [2.24, 2.45) is 0 Å². The summed E-state index contributed by atoms with van der Waals surface area (Å²) in [6.07, 6.45) is 13.2. The zero-order valence-corrected chi connectivity index (χ0v) is 11.7. The Kier molecular flexibility index (Phi) is 9.37. The Bertz CT molecular complexity index is 257. The highest BCUT2D eigenvalue weighted by molar-refractivity contribution is 5.66. The smallest absolute Gasteiger partial charge is 0.303 e. The van der Waals surface area contributed by atoms with Gasteiger partial charge in [0.1, 0.15) is 0 Å². The van der Waals surface area contributed by atoms with Crippen LogP contribution in [0, 0.1) is 0 Å². The van der Waals surface area contributed by atoms with E-state index in [0.29, 0.717) is 0 Å². The van der Waals surface area contributed by atoms with Gasteiger partial charge in [0, 0.05) is 6.42 Å². The van der Waals surface area contributed by atoms with E-state index in [1.165, 1.54) is 25.7 Å². The minimum atomic E-state index is -0.705. The van der Waals surface area contributed by atoms with E-state index < -0.39 is 5.97 Å². The molecule has 1 fully saturated rings. The van der Waals surface area contributed by atoms with Crippen LogP contribution in [-0.2, 0) is 14.3 Å². The quantitative estimate of drug-likeness (QED) is 0.461. The lowest BCUT2D eigenvalue weighted by atomic mass is 10.1. The maximum atomic E-state index is 10.3. The molecule has 0 radical (unpaired) electrons. The molecule has 0 aromatic heterocycles. The first-order chi connectivity index (χ1) is 9.29. The van der Waals surface area contributed by atoms with Gasteiger partial charge < -0.3 is 14.6 Å². The molecule has 4 nitrogen and oxygen atoms in total. The second-order valence-electron chi connectivity index (χ2n) is 4.92. The summed E-state index contributed by atoms with van der Waals surface area (Å²) >= 11 is 0. The summed E-state index contributed by atoms with van der Waals surface area (Å²) in [4.78, 5) is 10.3. The van der Waals surface area contributed by atoms with Gasteiger partial charge in [0.2, 0.25) is 0 Å². The Hall–Kier alpha value is -0.870. The molecule has 1 saturated heterocycles. The van der Waals surface area contributed by atoms with Crippen molar-refractivity contribution >= 4 is 5.97 Å². The van der Waals surface area contributed by atoms with Gasteiger partial charge in [-0.3, -0.25) is 4.79 Å². The molecule has 4 heteroatoms. The Morgan fingerprint density at radius 2 is 1.63 bits per heavy atom. The molecule has 110 valence electrons. The normalized spacial score (nSPS) is 16.4. The van der Waals surface area contributed by atoms with Crippen molar-refractivity contribution in [3.05, 3.63) is 12.2 Å². The Balaban J connectivity index is 1.77. The molecule has 0 unspecified atom stereocenters. The number of carbonyl (C=O) groups is 1. The van der Waals surface area contributed by atoms with Gasteiger partial charge in [0.05, 0.1) is 13.2 Å². The van der Waals surface area contributed by atoms with Crippen LogP contribution >= 0.6 is 0 Å². The first-order valence-corrected chi connectivity index (χ1v) is 7.39. The van der Waals surface area contributed by atoms with Gasteiger partial charge in [-0.05, 0) is 38.5 Å². The number of aliphatic carboxylic acids is 1. The second kappa shape index (κ2) is 11.0. The molecule has 19 heavy (non-hydrogen) atoms. The average Bonchev–Trinajstić information content (AvgIpc) is 2.88. The average molecular weight is 270 g/mol.